The van der Waals surface area contributed by atoms with Gasteiger partial charge in [-0.15, -0.1) is 24.9 Å². The minimum Gasteiger partial charge on any atom is -0.395 e. The van der Waals surface area contributed by atoms with Crippen LogP contribution in [0.2, 0.25) is 0 Å². The number of hydrogen-bond donors (Lipinski definition) is 1. The summed E-state index contributed by atoms with van der Waals surface area (Å²) in [6.07, 6.45) is 5.71. The Labute approximate surface area is 215 Å². The van der Waals surface area contributed by atoms with Crippen molar-refractivity contribution >= 4 is 29.5 Å². The highest BCUT2D eigenvalue weighted by molar-refractivity contribution is 8.02. The number of nitrogens with zero attached hydrogens (tertiary/aromatic N) is 3. The molecule has 3 amide bonds. The van der Waals surface area contributed by atoms with Gasteiger partial charge in [0.1, 0.15) is 6.04 Å². The third-order valence-corrected chi connectivity index (χ3v) is 9.66. The van der Waals surface area contributed by atoms with Crippen LogP contribution in [0.5, 0.6) is 0 Å². The lowest BCUT2D eigenvalue weighted by molar-refractivity contribution is -0.147. The van der Waals surface area contributed by atoms with Gasteiger partial charge in [0.2, 0.25) is 17.7 Å². The molecule has 2 unspecified atom stereocenters. The normalized spacial score (nSPS) is 29.8. The second-order valence-electron chi connectivity index (χ2n) is 12.1. The van der Waals surface area contributed by atoms with Crippen molar-refractivity contribution in [3.63, 3.8) is 0 Å². The molecule has 1 spiro atoms. The molecule has 3 aliphatic heterocycles. The molecule has 196 valence electrons. The summed E-state index contributed by atoms with van der Waals surface area (Å²) in [7, 11) is 1.74. The van der Waals surface area contributed by atoms with E-state index in [4.69, 9.17) is 0 Å². The second-order valence-corrected chi connectivity index (χ2v) is 13.7. The molecule has 3 rings (SSSR count). The first-order valence-corrected chi connectivity index (χ1v) is 13.5. The van der Waals surface area contributed by atoms with E-state index in [1.54, 1.807) is 40.8 Å². The molecule has 3 heterocycles. The second kappa shape index (κ2) is 9.92. The average Bonchev–Trinajstić information content (AvgIpc) is 3.37. The van der Waals surface area contributed by atoms with Crippen molar-refractivity contribution in [3.05, 3.63) is 25.3 Å². The highest BCUT2D eigenvalue weighted by Crippen LogP contribution is 2.66. The van der Waals surface area contributed by atoms with Gasteiger partial charge < -0.3 is 19.8 Å². The van der Waals surface area contributed by atoms with Crippen LogP contribution >= 0.6 is 11.8 Å². The summed E-state index contributed by atoms with van der Waals surface area (Å²) in [6.45, 7) is 18.9. The average molecular weight is 506 g/mol. The van der Waals surface area contributed by atoms with Crippen LogP contribution in [-0.4, -0.2) is 92.4 Å². The molecule has 0 aromatic heterocycles. The zero-order chi connectivity index (χ0) is 26.3. The van der Waals surface area contributed by atoms with E-state index < -0.39 is 28.2 Å². The fourth-order valence-corrected chi connectivity index (χ4v) is 9.11. The minimum atomic E-state index is -0.705. The van der Waals surface area contributed by atoms with E-state index in [-0.39, 0.29) is 41.5 Å². The maximum atomic E-state index is 14.4. The molecule has 1 N–H and O–H groups in total. The van der Waals surface area contributed by atoms with E-state index in [0.29, 0.717) is 19.5 Å². The van der Waals surface area contributed by atoms with Crippen molar-refractivity contribution in [2.75, 3.05) is 33.3 Å². The number of thioether (sulfide) groups is 1. The topological polar surface area (TPSA) is 81.2 Å². The highest BCUT2D eigenvalue weighted by Gasteiger charge is 2.74. The van der Waals surface area contributed by atoms with Crippen molar-refractivity contribution in [2.24, 2.45) is 17.3 Å². The van der Waals surface area contributed by atoms with Gasteiger partial charge in [0, 0.05) is 37.5 Å². The van der Waals surface area contributed by atoms with Gasteiger partial charge in [-0.25, -0.2) is 0 Å². The summed E-state index contributed by atoms with van der Waals surface area (Å²) in [5.41, 5.74) is -0.471. The number of hydrogen-bond acceptors (Lipinski definition) is 5. The zero-order valence-electron chi connectivity index (χ0n) is 22.2. The highest BCUT2D eigenvalue weighted by atomic mass is 32.2. The van der Waals surface area contributed by atoms with Gasteiger partial charge in [0.15, 0.2) is 0 Å². The number of aliphatic hydroxyl groups excluding tert-OH is 1. The molecule has 8 heteroatoms. The molecular weight excluding hydrogens is 462 g/mol. The van der Waals surface area contributed by atoms with Crippen molar-refractivity contribution in [2.45, 2.75) is 75.5 Å². The standard InChI is InChI=1S/C27H43N3O4S/c1-9-13-28(8)22(32)19-18-11-12-27(35-18)20(19)23(33)29(15-16-31)21(27)24(34)30(14-10-2)26(6,7)17-25(3,4)5/h9-10,18-21,31H,1-2,11-17H2,3-8H3/t18-,19+,20-,21?,27?/m0/s1. The molecule has 0 radical (unpaired) electrons. The minimum absolute atomic E-state index is 0.00584. The molecule has 0 aromatic carbocycles. The number of β-amino-alcohol motifs (C(OH)–C–C–N with tert-alkyl or cyclic N) is 1. The Bertz CT molecular complexity index is 882. The van der Waals surface area contributed by atoms with Crippen molar-refractivity contribution in [1.82, 2.24) is 14.7 Å². The van der Waals surface area contributed by atoms with E-state index in [0.717, 1.165) is 12.8 Å². The molecule has 3 fully saturated rings. The number of fused-ring (bicyclic) bond motifs is 1. The van der Waals surface area contributed by atoms with Crippen LogP contribution in [0.4, 0.5) is 0 Å². The van der Waals surface area contributed by atoms with Crippen LogP contribution in [0.3, 0.4) is 0 Å². The van der Waals surface area contributed by atoms with E-state index in [9.17, 15) is 19.5 Å². The number of carbonyl (C=O) groups is 3. The van der Waals surface area contributed by atoms with Crippen molar-refractivity contribution in [1.29, 1.82) is 0 Å². The predicted octanol–water partition coefficient (Wildman–Crippen LogP) is 2.94. The molecule has 35 heavy (non-hydrogen) atoms. The molecule has 0 saturated carbocycles. The lowest BCUT2D eigenvalue weighted by atomic mass is 9.70. The van der Waals surface area contributed by atoms with E-state index >= 15 is 0 Å². The van der Waals surface area contributed by atoms with Crippen molar-refractivity contribution < 1.29 is 19.5 Å². The summed E-state index contributed by atoms with van der Waals surface area (Å²) < 4.78 is -0.652. The van der Waals surface area contributed by atoms with Crippen LogP contribution in [0.1, 0.15) is 53.9 Å². The number of rotatable bonds is 10. The predicted molar refractivity (Wildman–Crippen MR) is 141 cm³/mol. The summed E-state index contributed by atoms with van der Waals surface area (Å²) in [4.78, 5) is 46.8. The van der Waals surface area contributed by atoms with Crippen LogP contribution in [-0.2, 0) is 14.4 Å². The van der Waals surface area contributed by atoms with Crippen molar-refractivity contribution in [3.8, 4) is 0 Å². The number of likely N-dealkylation sites (N-methyl/N-ethyl adjacent to an activating group) is 1. The molecular formula is C27H43N3O4S. The maximum absolute atomic E-state index is 14.4. The fraction of sp³-hybridized carbons (Fsp3) is 0.741. The molecule has 2 bridgehead atoms. The Morgan fingerprint density at radius 2 is 1.80 bits per heavy atom. The van der Waals surface area contributed by atoms with E-state index in [2.05, 4.69) is 47.8 Å². The fourth-order valence-electron chi connectivity index (χ4n) is 6.91. The number of carbonyl (C=O) groups excluding carboxylic acids is 3. The Morgan fingerprint density at radius 1 is 1.17 bits per heavy atom. The Hall–Kier alpha value is -1.80. The third-order valence-electron chi connectivity index (χ3n) is 7.71. The molecule has 3 aliphatic rings. The molecule has 0 aliphatic carbocycles. The first-order valence-electron chi connectivity index (χ1n) is 12.6. The molecule has 5 atom stereocenters. The summed E-state index contributed by atoms with van der Waals surface area (Å²) >= 11 is 1.66. The summed E-state index contributed by atoms with van der Waals surface area (Å²) in [5.74, 6) is -1.35. The number of aliphatic hydroxyl groups is 1. The Balaban J connectivity index is 2.04. The summed E-state index contributed by atoms with van der Waals surface area (Å²) in [5, 5.41) is 9.85. The molecule has 0 aromatic rings. The van der Waals surface area contributed by atoms with Gasteiger partial charge >= 0.3 is 0 Å². The van der Waals surface area contributed by atoms with Crippen LogP contribution < -0.4 is 0 Å². The Morgan fingerprint density at radius 3 is 2.34 bits per heavy atom. The smallest absolute Gasteiger partial charge is 0.247 e. The van der Waals surface area contributed by atoms with Crippen LogP contribution in [0, 0.1) is 17.3 Å². The third kappa shape index (κ3) is 4.80. The van der Waals surface area contributed by atoms with Gasteiger partial charge in [-0.05, 0) is 38.5 Å². The first kappa shape index (κ1) is 27.8. The van der Waals surface area contributed by atoms with Gasteiger partial charge in [0.05, 0.1) is 23.2 Å². The van der Waals surface area contributed by atoms with E-state index in [1.807, 2.05) is 4.90 Å². The van der Waals surface area contributed by atoms with Gasteiger partial charge in [-0.2, -0.15) is 0 Å². The quantitative estimate of drug-likeness (QED) is 0.462. The van der Waals surface area contributed by atoms with Gasteiger partial charge in [-0.1, -0.05) is 32.9 Å². The zero-order valence-corrected chi connectivity index (χ0v) is 23.1. The Kier molecular flexibility index (Phi) is 7.88. The van der Waals surface area contributed by atoms with Gasteiger partial charge in [0.25, 0.3) is 0 Å². The van der Waals surface area contributed by atoms with E-state index in [1.165, 1.54) is 0 Å². The van der Waals surface area contributed by atoms with Gasteiger partial charge in [-0.3, -0.25) is 14.4 Å². The molecule has 7 nitrogen and oxygen atoms in total. The largest absolute Gasteiger partial charge is 0.395 e. The lowest BCUT2D eigenvalue weighted by Crippen LogP contribution is -2.60. The number of likely N-dealkylation sites (tertiary alicyclic amines) is 1. The lowest BCUT2D eigenvalue weighted by Gasteiger charge is -2.46. The van der Waals surface area contributed by atoms with Crippen LogP contribution in [0.15, 0.2) is 25.3 Å². The number of amides is 3. The molecule has 3 saturated heterocycles. The van der Waals surface area contributed by atoms with Crippen LogP contribution in [0.25, 0.3) is 0 Å². The maximum Gasteiger partial charge on any atom is 0.247 e. The monoisotopic (exact) mass is 505 g/mol. The summed E-state index contributed by atoms with van der Waals surface area (Å²) in [6, 6.07) is -0.705. The SMILES string of the molecule is C=CCN(C)C(=O)[C@@H]1[C@@H]2CCC3(S2)C(C(=O)N(CC=C)C(C)(C)CC(C)(C)C)N(CCO)C(=O)[C@H]13. The first-order chi connectivity index (χ1) is 16.3.